The van der Waals surface area contributed by atoms with Crippen molar-refractivity contribution in [3.8, 4) is 45.0 Å². The van der Waals surface area contributed by atoms with Crippen LogP contribution in [-0.4, -0.2) is 19.9 Å². The topological polar surface area (TPSA) is 120 Å². The third kappa shape index (κ3) is 11.5. The molecule has 0 N–H and O–H groups in total. The van der Waals surface area contributed by atoms with E-state index in [9.17, 15) is 0 Å². The minimum atomic E-state index is -2.44. The van der Waals surface area contributed by atoms with Crippen LogP contribution >= 0.6 is 0 Å². The number of rotatable bonds is 7. The van der Waals surface area contributed by atoms with Crippen LogP contribution in [0.15, 0.2) is 213 Å². The van der Waals surface area contributed by atoms with Crippen LogP contribution in [0.2, 0.25) is 0 Å². The number of nitrogens with zero attached hydrogens (tertiary/aromatic N) is 8. The van der Waals surface area contributed by atoms with Crippen molar-refractivity contribution >= 4 is 88.3 Å². The van der Waals surface area contributed by atoms with E-state index in [1.807, 2.05) is 113 Å². The molecule has 4 aromatic carbocycles. The van der Waals surface area contributed by atoms with Gasteiger partial charge in [0.2, 0.25) is 45.6 Å². The highest BCUT2D eigenvalue weighted by molar-refractivity contribution is 6.12. The van der Waals surface area contributed by atoms with Gasteiger partial charge in [0.25, 0.3) is 0 Å². The summed E-state index contributed by atoms with van der Waals surface area (Å²) in [6, 6.07) is 51.0. The van der Waals surface area contributed by atoms with Gasteiger partial charge >= 0.3 is 0 Å². The van der Waals surface area contributed by atoms with Gasteiger partial charge in [-0.15, -0.1) is 0 Å². The van der Waals surface area contributed by atoms with Gasteiger partial charge in [-0.1, -0.05) is 90.0 Å². The summed E-state index contributed by atoms with van der Waals surface area (Å²) >= 11 is 0. The van der Waals surface area contributed by atoms with Gasteiger partial charge in [-0.2, -0.15) is 0 Å². The average molecular weight is 1250 g/mol. The third-order valence-corrected chi connectivity index (χ3v) is 18.0. The van der Waals surface area contributed by atoms with Crippen molar-refractivity contribution in [1.82, 2.24) is 19.9 Å². The van der Waals surface area contributed by atoms with E-state index < -0.39 is 18.6 Å². The van der Waals surface area contributed by atoms with Gasteiger partial charge in [0.1, 0.15) is 28.2 Å². The molecule has 0 aliphatic heterocycles. The second-order valence-corrected chi connectivity index (χ2v) is 25.1. The Morgan fingerprint density at radius 1 is 0.351 bits per heavy atom. The predicted molar refractivity (Wildman–Crippen MR) is 378 cm³/mol. The summed E-state index contributed by atoms with van der Waals surface area (Å²) in [5.74, 6) is -1.88. The van der Waals surface area contributed by atoms with Gasteiger partial charge in [0.05, 0.1) is 22.3 Å². The maximum Gasteiger partial charge on any atom is 0.227 e. The Morgan fingerprint density at radius 3 is 1.10 bits per heavy atom. The van der Waals surface area contributed by atoms with Crippen LogP contribution in [-0.2, 0) is 28.2 Å². The molecule has 1 unspecified atom stereocenters. The molecule has 0 aliphatic carbocycles. The second kappa shape index (κ2) is 25.4. The zero-order valence-electron chi connectivity index (χ0n) is 60.8. The third-order valence-electron chi connectivity index (χ3n) is 18.0. The highest BCUT2D eigenvalue weighted by Gasteiger charge is 2.26. The smallest absolute Gasteiger partial charge is 0.227 e. The summed E-state index contributed by atoms with van der Waals surface area (Å²) < 4.78 is 72.9. The summed E-state index contributed by atoms with van der Waals surface area (Å²) in [5.41, 5.74) is 22.6. The SMILES string of the molecule is Cc1ccc2c(n1)oc1c(-c3cccc[n+]3C)c(C)ccc12.Cc1ccc2c(oc3ncccc32)c1-c1cc(C(C)C)cc[n+]1C.[2H]C(C)(C)c1cc[n+](C)c(-c2c(C)ccc3c2oc2ncccc23)c1.[2H]C([2H])([2H])C([2H])(C)c1cc[n+](C)c(-c2c(C)ccc3c2oc2ncccc23)c1. The summed E-state index contributed by atoms with van der Waals surface area (Å²) in [5, 5.41) is 8.36. The number of hydrogen-bond acceptors (Lipinski definition) is 8. The van der Waals surface area contributed by atoms with Gasteiger partial charge in [-0.05, 0) is 146 Å². The van der Waals surface area contributed by atoms with E-state index in [2.05, 4.69) is 174 Å². The Labute approximate surface area is 555 Å². The number of hydrogen-bond donors (Lipinski definition) is 0. The molecule has 0 amide bonds. The molecule has 12 heterocycles. The molecule has 0 saturated heterocycles. The molecule has 94 heavy (non-hydrogen) atoms. The first kappa shape index (κ1) is 56.1. The Bertz CT molecular complexity index is 5820. The van der Waals surface area contributed by atoms with Crippen molar-refractivity contribution in [3.63, 3.8) is 0 Å². The van der Waals surface area contributed by atoms with E-state index in [-0.39, 0.29) is 0 Å². The fourth-order valence-electron chi connectivity index (χ4n) is 12.7. The van der Waals surface area contributed by atoms with Crippen molar-refractivity contribution in [2.24, 2.45) is 28.2 Å². The van der Waals surface area contributed by atoms with E-state index in [1.54, 1.807) is 36.9 Å². The maximum absolute atomic E-state index is 8.45. The Kier molecular flexibility index (Phi) is 15.2. The molecule has 12 aromatic heterocycles. The number of furan rings is 4. The van der Waals surface area contributed by atoms with Crippen molar-refractivity contribution < 1.29 is 42.8 Å². The summed E-state index contributed by atoms with van der Waals surface area (Å²) in [6.07, 6.45) is 13.2. The van der Waals surface area contributed by atoms with Crippen LogP contribution in [0.25, 0.3) is 133 Å². The van der Waals surface area contributed by atoms with Crippen LogP contribution in [0, 0.1) is 34.6 Å². The van der Waals surface area contributed by atoms with Gasteiger partial charge in [-0.3, -0.25) is 0 Å². The molecular weight excluding hydrogens is 1160 g/mol. The molecule has 12 nitrogen and oxygen atoms in total. The van der Waals surface area contributed by atoms with E-state index in [0.29, 0.717) is 39.9 Å². The first-order valence-electron chi connectivity index (χ1n) is 34.2. The van der Waals surface area contributed by atoms with Crippen LogP contribution in [0.4, 0.5) is 0 Å². The van der Waals surface area contributed by atoms with Gasteiger partial charge in [0, 0.05) is 123 Å². The minimum Gasteiger partial charge on any atom is -0.437 e. The van der Waals surface area contributed by atoms with Gasteiger partial charge in [-0.25, -0.2) is 38.2 Å². The van der Waals surface area contributed by atoms with Crippen molar-refractivity contribution in [2.45, 2.75) is 93.8 Å². The molecule has 468 valence electrons. The van der Waals surface area contributed by atoms with E-state index in [0.717, 1.165) is 122 Å². The monoisotopic (exact) mass is 1250 g/mol. The van der Waals surface area contributed by atoms with Gasteiger partial charge in [0.15, 0.2) is 47.1 Å². The van der Waals surface area contributed by atoms with Crippen LogP contribution in [0.1, 0.15) is 111 Å². The molecule has 0 fully saturated rings. The average Bonchev–Trinajstić information content (AvgIpc) is 1.71. The Balaban J connectivity index is 0.000000119. The zero-order valence-corrected chi connectivity index (χ0v) is 55.8. The molecule has 0 bridgehead atoms. The highest BCUT2D eigenvalue weighted by Crippen LogP contribution is 2.41. The molecule has 16 rings (SSSR count). The van der Waals surface area contributed by atoms with E-state index in [4.69, 9.17) is 24.5 Å². The Morgan fingerprint density at radius 2 is 0.702 bits per heavy atom. The van der Waals surface area contributed by atoms with Gasteiger partial charge < -0.3 is 17.7 Å². The first-order chi connectivity index (χ1) is 47.2. The molecule has 0 aliphatic rings. The first-order valence-corrected chi connectivity index (χ1v) is 31.7. The number of aromatic nitrogens is 8. The standard InChI is InChI=1S/3C21H21N2O.C19H17N2O/c3*1-13(2)15-9-11-23(4)18(12-15)19-14(3)7-8-16-17-6-5-10-22-21(17)24-20(16)19;1-12-7-9-14-15-10-8-13(2)20-19(15)22-18(14)17(12)16-6-4-5-11-21(16)3/h3*5-13H,1-4H3;4-11H,1-3H3/q4*+1/i1D3,13D;13D;;. The lowest BCUT2D eigenvalue weighted by Crippen LogP contribution is -2.31. The normalized spacial score (nSPS) is 13.3. The van der Waals surface area contributed by atoms with Crippen LogP contribution < -0.4 is 18.3 Å². The largest absolute Gasteiger partial charge is 0.437 e. The zero-order chi connectivity index (χ0) is 70.1. The lowest BCUT2D eigenvalue weighted by molar-refractivity contribution is -0.660. The molecule has 0 spiro atoms. The molecule has 1 atom stereocenters. The maximum atomic E-state index is 8.45. The van der Waals surface area contributed by atoms with Crippen molar-refractivity contribution in [3.05, 3.63) is 240 Å². The second-order valence-electron chi connectivity index (χ2n) is 25.1. The predicted octanol–water partition coefficient (Wildman–Crippen LogP) is 18.8. The number of fused-ring (bicyclic) bond motifs is 12. The number of benzene rings is 4. The Hall–Kier alpha value is -10.7. The summed E-state index contributed by atoms with van der Waals surface area (Å²) in [7, 11) is 8.06. The number of aryl methyl sites for hydroxylation is 9. The summed E-state index contributed by atoms with van der Waals surface area (Å²) in [4.78, 5) is 17.6. The molecule has 16 aromatic rings. The molecule has 0 radical (unpaired) electrons. The quantitative estimate of drug-likeness (QED) is 0.145. The molecule has 0 saturated carbocycles. The molecule has 12 heteroatoms. The summed E-state index contributed by atoms with van der Waals surface area (Å²) in [6.45, 7) is 17.6. The fraction of sp³-hybridized carbons (Fsp3) is 0.220. The molecular formula is C82H80N8O4+4. The fourth-order valence-corrected chi connectivity index (χ4v) is 12.7. The lowest BCUT2D eigenvalue weighted by atomic mass is 9.97. The number of pyridine rings is 8. The van der Waals surface area contributed by atoms with E-state index in [1.165, 1.54) is 29.3 Å². The van der Waals surface area contributed by atoms with Crippen LogP contribution in [0.5, 0.6) is 0 Å². The van der Waals surface area contributed by atoms with E-state index >= 15 is 0 Å². The van der Waals surface area contributed by atoms with Crippen molar-refractivity contribution in [2.75, 3.05) is 0 Å². The minimum absolute atomic E-state index is 0.436. The van der Waals surface area contributed by atoms with Crippen LogP contribution in [0.3, 0.4) is 0 Å². The lowest BCUT2D eigenvalue weighted by Gasteiger charge is -2.09. The van der Waals surface area contributed by atoms with Crippen molar-refractivity contribution in [1.29, 1.82) is 0 Å². The highest BCUT2D eigenvalue weighted by atomic mass is 16.4.